The first-order valence-electron chi connectivity index (χ1n) is 2.60. The van der Waals surface area contributed by atoms with Gasteiger partial charge in [0.1, 0.15) is 0 Å². The monoisotopic (exact) mass is 159 g/mol. The van der Waals surface area contributed by atoms with Gasteiger partial charge in [-0.05, 0) is 5.80 Å². The highest BCUT2D eigenvalue weighted by molar-refractivity contribution is 7.38. The zero-order valence-electron chi connectivity index (χ0n) is 5.25. The zero-order valence-corrected chi connectivity index (χ0v) is 7.14. The molecule has 0 spiro atoms. The summed E-state index contributed by atoms with van der Waals surface area (Å²) in [5.74, 6) is 1.77. The molecule has 0 amide bonds. The molecule has 0 aromatic heterocycles. The van der Waals surface area contributed by atoms with E-state index in [0.717, 1.165) is 8.20 Å². The third-order valence-corrected chi connectivity index (χ3v) is 2.40. The van der Waals surface area contributed by atoms with Crippen molar-refractivity contribution in [3.05, 3.63) is 12.7 Å². The predicted molar refractivity (Wildman–Crippen MR) is 50.4 cm³/mol. The molecule has 50 valence electrons. The van der Waals surface area contributed by atoms with Gasteiger partial charge in [0.25, 0.3) is 0 Å². The zero-order chi connectivity index (χ0) is 7.28. The quantitative estimate of drug-likeness (QED) is 0.484. The second-order valence-corrected chi connectivity index (χ2v) is 2.95. The molecule has 2 N–H and O–H groups in total. The fourth-order valence-electron chi connectivity index (χ4n) is 0.452. The van der Waals surface area contributed by atoms with E-state index >= 15 is 0 Å². The maximum Gasteiger partial charge on any atom is 0.0404 e. The summed E-state index contributed by atoms with van der Waals surface area (Å²) in [6.45, 7) is 3.63. The van der Waals surface area contributed by atoms with Crippen LogP contribution in [0.5, 0.6) is 0 Å². The number of rotatable bonds is 4. The third-order valence-electron chi connectivity index (χ3n) is 1.04. The van der Waals surface area contributed by atoms with Crippen LogP contribution in [-0.2, 0) is 0 Å². The van der Waals surface area contributed by atoms with Crippen molar-refractivity contribution in [2.24, 2.45) is 5.73 Å². The molecular weight excluding hydrogens is 148 g/mol. The average molecular weight is 159 g/mol. The molecule has 0 fully saturated rings. The highest BCUT2D eigenvalue weighted by atomic mass is 31.1. The lowest BCUT2D eigenvalue weighted by atomic mass is 10.2. The summed E-state index contributed by atoms with van der Waals surface area (Å²) in [6.07, 6.45) is 5.52. The molecule has 0 saturated carbocycles. The Morgan fingerprint density at radius 3 is 2.33 bits per heavy atom. The fraction of sp³-hybridized carbons (Fsp3) is 0.333. The summed E-state index contributed by atoms with van der Waals surface area (Å²) >= 11 is 0. The van der Waals surface area contributed by atoms with Crippen LogP contribution in [-0.4, -0.2) is 23.8 Å². The van der Waals surface area contributed by atoms with Crippen LogP contribution in [0.2, 0.25) is 0 Å². The van der Waals surface area contributed by atoms with Crippen LogP contribution in [0, 0.1) is 0 Å². The third kappa shape index (κ3) is 2.91. The van der Waals surface area contributed by atoms with Crippen LogP contribution in [0.4, 0.5) is 0 Å². The Morgan fingerprint density at radius 1 is 1.67 bits per heavy atom. The lowest BCUT2D eigenvalue weighted by molar-refractivity contribution is 0.921. The van der Waals surface area contributed by atoms with Gasteiger partial charge in [0.15, 0.2) is 0 Å². The molecule has 0 heterocycles. The van der Waals surface area contributed by atoms with E-state index < -0.39 is 0 Å². The van der Waals surface area contributed by atoms with Crippen LogP contribution in [0.1, 0.15) is 0 Å². The van der Waals surface area contributed by atoms with Gasteiger partial charge in [-0.3, -0.25) is 0 Å². The minimum Gasteiger partial charge on any atom is -0.323 e. The largest absolute Gasteiger partial charge is 0.323 e. The van der Waals surface area contributed by atoms with Gasteiger partial charge in [0.05, 0.1) is 0 Å². The maximum absolute atomic E-state index is 5.62. The van der Waals surface area contributed by atoms with Crippen LogP contribution >= 0.6 is 17.1 Å². The van der Waals surface area contributed by atoms with Crippen molar-refractivity contribution in [1.82, 2.24) is 0 Å². The van der Waals surface area contributed by atoms with Gasteiger partial charge in [-0.25, -0.2) is 0 Å². The lowest BCUT2D eigenvalue weighted by Gasteiger charge is -2.09. The first kappa shape index (κ1) is 9.04. The van der Waals surface area contributed by atoms with E-state index in [0.29, 0.717) is 0 Å². The molecule has 0 aromatic carbocycles. The Bertz CT molecular complexity index is 114. The molecule has 0 radical (unpaired) electrons. The van der Waals surface area contributed by atoms with E-state index in [1.54, 1.807) is 5.80 Å². The first-order chi connectivity index (χ1) is 4.26. The molecule has 0 aromatic rings. The van der Waals surface area contributed by atoms with Gasteiger partial charge < -0.3 is 5.73 Å². The van der Waals surface area contributed by atoms with E-state index in [1.165, 1.54) is 0 Å². The van der Waals surface area contributed by atoms with Crippen molar-refractivity contribution in [2.45, 2.75) is 11.7 Å². The van der Waals surface area contributed by atoms with Crippen LogP contribution < -0.4 is 5.73 Å². The minimum atomic E-state index is 0.0262. The van der Waals surface area contributed by atoms with Gasteiger partial charge in [-0.15, -0.1) is 23.6 Å². The van der Waals surface area contributed by atoms with E-state index in [1.807, 2.05) is 6.08 Å². The topological polar surface area (TPSA) is 26.0 Å². The summed E-state index contributed by atoms with van der Waals surface area (Å²) in [5, 5.41) is 0. The second kappa shape index (κ2) is 4.88. The number of hydrogen-bond donors (Lipinski definition) is 1. The van der Waals surface area contributed by atoms with Gasteiger partial charge in [0, 0.05) is 11.7 Å². The maximum atomic E-state index is 5.62. The summed E-state index contributed by atoms with van der Waals surface area (Å²) in [5.41, 5.74) is 5.88. The van der Waals surface area contributed by atoms with E-state index in [9.17, 15) is 0 Å². The molecule has 9 heavy (non-hydrogen) atoms. The lowest BCUT2D eigenvalue weighted by Crippen LogP contribution is -2.29. The highest BCUT2D eigenvalue weighted by Crippen LogP contribution is 2.08. The Morgan fingerprint density at radius 2 is 2.22 bits per heavy atom. The van der Waals surface area contributed by atoms with Crippen LogP contribution in [0.3, 0.4) is 0 Å². The molecule has 3 heteroatoms. The molecule has 0 bridgehead atoms. The normalized spacial score (nSPS) is 16.6. The highest BCUT2D eigenvalue weighted by Gasteiger charge is 2.05. The van der Waals surface area contributed by atoms with Crippen molar-refractivity contribution >= 4 is 29.2 Å². The van der Waals surface area contributed by atoms with Crippen molar-refractivity contribution in [2.75, 3.05) is 0 Å². The summed E-state index contributed by atoms with van der Waals surface area (Å²) in [6, 6.07) is 0.0262. The van der Waals surface area contributed by atoms with E-state index in [-0.39, 0.29) is 11.7 Å². The molecule has 0 rings (SSSR count). The van der Waals surface area contributed by atoms with Crippen LogP contribution in [0.25, 0.3) is 0 Å². The molecule has 1 nitrogen and oxygen atoms in total. The Kier molecular flexibility index (Phi) is 4.90. The van der Waals surface area contributed by atoms with Gasteiger partial charge in [0.2, 0.25) is 0 Å². The van der Waals surface area contributed by atoms with Crippen molar-refractivity contribution in [3.63, 3.8) is 0 Å². The molecule has 0 aliphatic heterocycles. The number of nitrogens with two attached hydrogens (primary N) is 1. The fourth-order valence-corrected chi connectivity index (χ4v) is 1.30. The van der Waals surface area contributed by atoms with Gasteiger partial charge in [-0.2, -0.15) is 0 Å². The van der Waals surface area contributed by atoms with Crippen LogP contribution in [0.15, 0.2) is 12.7 Å². The molecule has 0 aliphatic carbocycles. The molecule has 2 atom stereocenters. The Hall–Kier alpha value is 0.0400. The summed E-state index contributed by atoms with van der Waals surface area (Å²) in [7, 11) is 4.23. The molecule has 0 aliphatic rings. The molecule has 0 saturated heterocycles. The van der Waals surface area contributed by atoms with E-state index in [2.05, 4.69) is 21.7 Å². The van der Waals surface area contributed by atoms with Gasteiger partial charge >= 0.3 is 0 Å². The molecule has 2 unspecified atom stereocenters. The Labute approximate surface area is 60.0 Å². The first-order valence-corrected chi connectivity index (χ1v) is 4.33. The van der Waals surface area contributed by atoms with Crippen molar-refractivity contribution in [1.29, 1.82) is 0 Å². The number of hydrogen-bond acceptors (Lipinski definition) is 1. The van der Waals surface area contributed by atoms with E-state index in [4.69, 9.17) is 5.73 Å². The minimum absolute atomic E-state index is 0.0262. The van der Waals surface area contributed by atoms with Crippen molar-refractivity contribution in [3.8, 4) is 0 Å². The van der Waals surface area contributed by atoms with Gasteiger partial charge in [-0.1, -0.05) is 12.4 Å². The SMILES string of the molecule is C=CC(P=C)C(N)C=P. The summed E-state index contributed by atoms with van der Waals surface area (Å²) in [4.78, 5) is 0. The predicted octanol–water partition coefficient (Wildman–Crippen LogP) is 1.19. The molecular formula is C6H11NP2. The summed E-state index contributed by atoms with van der Waals surface area (Å²) < 4.78 is 0. The smallest absolute Gasteiger partial charge is 0.0404 e. The Balaban J connectivity index is 3.92. The van der Waals surface area contributed by atoms with Crippen molar-refractivity contribution < 1.29 is 0 Å². The average Bonchev–Trinajstić information content (AvgIpc) is 1.90. The second-order valence-electron chi connectivity index (χ2n) is 1.65. The standard InChI is InChI=1S/C6H11NP2/c1-3-6(9-2)5(7)4-8/h3-6,8H,1-2,7H2.